The Balaban J connectivity index is 1.41. The summed E-state index contributed by atoms with van der Waals surface area (Å²) < 4.78 is 7.39. The Morgan fingerprint density at radius 3 is 2.71 bits per heavy atom. The Bertz CT molecular complexity index is 1540. The number of benzene rings is 3. The van der Waals surface area contributed by atoms with E-state index in [1.807, 2.05) is 61.9 Å². The molecule has 0 spiro atoms. The standard InChI is InChI=1S/C28H25ClN4O2/c1-18(23-14-21-11-12-25(35-2)26(29)27(21)32-28(23)34)31-22-10-6-9-20(13-22)24-15-30-17-33(24)16-19-7-4-3-5-8-19/h3-15,17-18,31H,16H2,1-2H3,(H,32,34)/t18-/m0/s1. The van der Waals surface area contributed by atoms with Gasteiger partial charge in [-0.2, -0.15) is 0 Å². The van der Waals surface area contributed by atoms with Gasteiger partial charge in [0.25, 0.3) is 5.56 Å². The Labute approximate surface area is 208 Å². The maximum absolute atomic E-state index is 12.9. The third-order valence-electron chi connectivity index (χ3n) is 6.09. The highest BCUT2D eigenvalue weighted by atomic mass is 35.5. The summed E-state index contributed by atoms with van der Waals surface area (Å²) in [6, 6.07) is 23.8. The van der Waals surface area contributed by atoms with E-state index >= 15 is 0 Å². The molecule has 176 valence electrons. The van der Waals surface area contributed by atoms with Crippen molar-refractivity contribution in [3.63, 3.8) is 0 Å². The molecule has 0 radical (unpaired) electrons. The number of aromatic nitrogens is 3. The Morgan fingerprint density at radius 1 is 1.09 bits per heavy atom. The van der Waals surface area contributed by atoms with E-state index in [0.717, 1.165) is 28.9 Å². The number of halogens is 1. The van der Waals surface area contributed by atoms with Gasteiger partial charge in [0.2, 0.25) is 0 Å². The van der Waals surface area contributed by atoms with E-state index in [1.165, 1.54) is 5.56 Å². The molecule has 0 aliphatic heterocycles. The Morgan fingerprint density at radius 2 is 1.91 bits per heavy atom. The number of methoxy groups -OCH3 is 1. The number of hydrogen-bond donors (Lipinski definition) is 2. The summed E-state index contributed by atoms with van der Waals surface area (Å²) in [5, 5.41) is 4.71. The van der Waals surface area contributed by atoms with Gasteiger partial charge < -0.3 is 19.6 Å². The average molecular weight is 485 g/mol. The normalized spacial score (nSPS) is 12.0. The number of aromatic amines is 1. The molecule has 0 saturated carbocycles. The molecular weight excluding hydrogens is 460 g/mol. The molecule has 0 unspecified atom stereocenters. The van der Waals surface area contributed by atoms with E-state index in [9.17, 15) is 4.79 Å². The van der Waals surface area contributed by atoms with Crippen molar-refractivity contribution in [2.24, 2.45) is 0 Å². The maximum atomic E-state index is 12.9. The molecule has 2 N–H and O–H groups in total. The van der Waals surface area contributed by atoms with Crippen LogP contribution in [0.1, 0.15) is 24.1 Å². The lowest BCUT2D eigenvalue weighted by molar-refractivity contribution is 0.415. The van der Waals surface area contributed by atoms with Gasteiger partial charge in [-0.25, -0.2) is 4.98 Å². The number of nitrogens with one attached hydrogen (secondary N) is 2. The van der Waals surface area contributed by atoms with Crippen LogP contribution in [-0.4, -0.2) is 21.6 Å². The minimum absolute atomic E-state index is 0.190. The number of nitrogens with zero attached hydrogens (tertiary/aromatic N) is 2. The first-order valence-electron chi connectivity index (χ1n) is 11.3. The zero-order valence-corrected chi connectivity index (χ0v) is 20.2. The Kier molecular flexibility index (Phi) is 6.29. The lowest BCUT2D eigenvalue weighted by atomic mass is 10.1. The van der Waals surface area contributed by atoms with Crippen LogP contribution in [0.5, 0.6) is 5.75 Å². The van der Waals surface area contributed by atoms with Crippen LogP contribution in [0.4, 0.5) is 5.69 Å². The van der Waals surface area contributed by atoms with Gasteiger partial charge in [0.15, 0.2) is 0 Å². The molecule has 0 saturated heterocycles. The highest BCUT2D eigenvalue weighted by molar-refractivity contribution is 6.36. The van der Waals surface area contributed by atoms with E-state index in [-0.39, 0.29) is 11.6 Å². The molecule has 5 aromatic rings. The molecule has 0 bridgehead atoms. The Hall–Kier alpha value is -4.03. The summed E-state index contributed by atoms with van der Waals surface area (Å²) in [6.45, 7) is 2.71. The minimum atomic E-state index is -0.228. The largest absolute Gasteiger partial charge is 0.495 e. The van der Waals surface area contributed by atoms with Crippen molar-refractivity contribution in [2.75, 3.05) is 12.4 Å². The van der Waals surface area contributed by atoms with E-state index in [0.29, 0.717) is 21.9 Å². The zero-order chi connectivity index (χ0) is 24.4. The van der Waals surface area contributed by atoms with Gasteiger partial charge in [0.1, 0.15) is 10.8 Å². The van der Waals surface area contributed by atoms with Crippen LogP contribution in [0.15, 0.2) is 90.1 Å². The second kappa shape index (κ2) is 9.68. The molecular formula is C28H25ClN4O2. The number of fused-ring (bicyclic) bond motifs is 1. The second-order valence-corrected chi connectivity index (χ2v) is 8.82. The van der Waals surface area contributed by atoms with Gasteiger partial charge in [-0.3, -0.25) is 4.79 Å². The maximum Gasteiger partial charge on any atom is 0.253 e. The molecule has 7 heteroatoms. The molecule has 0 aliphatic carbocycles. The third kappa shape index (κ3) is 4.66. The molecule has 2 heterocycles. The van der Waals surface area contributed by atoms with Crippen LogP contribution >= 0.6 is 11.6 Å². The summed E-state index contributed by atoms with van der Waals surface area (Å²) in [6.07, 6.45) is 3.72. The number of pyridine rings is 1. The first-order chi connectivity index (χ1) is 17.0. The van der Waals surface area contributed by atoms with Crippen molar-refractivity contribution in [2.45, 2.75) is 19.5 Å². The van der Waals surface area contributed by atoms with Crippen LogP contribution in [0.2, 0.25) is 5.02 Å². The summed E-state index contributed by atoms with van der Waals surface area (Å²) in [5.41, 5.74) is 5.19. The van der Waals surface area contributed by atoms with Crippen LogP contribution < -0.4 is 15.6 Å². The molecule has 0 aliphatic rings. The molecule has 2 aromatic heterocycles. The molecule has 1 atom stereocenters. The third-order valence-corrected chi connectivity index (χ3v) is 6.46. The molecule has 3 aromatic carbocycles. The lowest BCUT2D eigenvalue weighted by Crippen LogP contribution is -2.19. The van der Waals surface area contributed by atoms with Crippen molar-refractivity contribution in [1.82, 2.24) is 14.5 Å². The van der Waals surface area contributed by atoms with E-state index < -0.39 is 0 Å². The number of hydrogen-bond acceptors (Lipinski definition) is 4. The molecule has 5 rings (SSSR count). The van der Waals surface area contributed by atoms with Gasteiger partial charge in [-0.15, -0.1) is 0 Å². The predicted molar refractivity (Wildman–Crippen MR) is 141 cm³/mol. The van der Waals surface area contributed by atoms with E-state index in [4.69, 9.17) is 16.3 Å². The second-order valence-electron chi connectivity index (χ2n) is 8.44. The fourth-order valence-electron chi connectivity index (χ4n) is 4.28. The summed E-state index contributed by atoms with van der Waals surface area (Å²) in [7, 11) is 1.55. The monoisotopic (exact) mass is 484 g/mol. The van der Waals surface area contributed by atoms with Gasteiger partial charge in [0.05, 0.1) is 36.9 Å². The van der Waals surface area contributed by atoms with Crippen molar-refractivity contribution >= 4 is 28.2 Å². The number of rotatable bonds is 7. The first-order valence-corrected chi connectivity index (χ1v) is 11.7. The van der Waals surface area contributed by atoms with Crippen LogP contribution in [0.3, 0.4) is 0 Å². The summed E-state index contributed by atoms with van der Waals surface area (Å²) >= 11 is 6.39. The van der Waals surface area contributed by atoms with Crippen LogP contribution in [0, 0.1) is 0 Å². The van der Waals surface area contributed by atoms with E-state index in [2.05, 4.69) is 44.1 Å². The summed E-state index contributed by atoms with van der Waals surface area (Å²) in [5.74, 6) is 0.525. The van der Waals surface area contributed by atoms with Crippen LogP contribution in [0.25, 0.3) is 22.2 Å². The highest BCUT2D eigenvalue weighted by Gasteiger charge is 2.15. The number of imidazole rings is 1. The highest BCUT2D eigenvalue weighted by Crippen LogP contribution is 2.32. The SMILES string of the molecule is COc1ccc2cc([C@H](C)Nc3cccc(-c4cncn4Cc4ccccc4)c3)c(=O)[nH]c2c1Cl. The first kappa shape index (κ1) is 22.7. The molecule has 6 nitrogen and oxygen atoms in total. The quantitative estimate of drug-likeness (QED) is 0.285. The topological polar surface area (TPSA) is 71.9 Å². The zero-order valence-electron chi connectivity index (χ0n) is 19.5. The van der Waals surface area contributed by atoms with Gasteiger partial charge in [-0.1, -0.05) is 54.1 Å². The lowest BCUT2D eigenvalue weighted by Gasteiger charge is -2.17. The van der Waals surface area contributed by atoms with Crippen LogP contribution in [-0.2, 0) is 6.54 Å². The molecule has 35 heavy (non-hydrogen) atoms. The van der Waals surface area contributed by atoms with Crippen molar-refractivity contribution in [1.29, 1.82) is 0 Å². The average Bonchev–Trinajstić information content (AvgIpc) is 3.33. The van der Waals surface area contributed by atoms with Crippen molar-refractivity contribution < 1.29 is 4.74 Å². The number of ether oxygens (including phenoxy) is 1. The van der Waals surface area contributed by atoms with Gasteiger partial charge >= 0.3 is 0 Å². The van der Waals surface area contributed by atoms with Gasteiger partial charge in [0, 0.05) is 28.7 Å². The number of anilines is 1. The molecule has 0 fully saturated rings. The summed E-state index contributed by atoms with van der Waals surface area (Å²) in [4.78, 5) is 20.2. The minimum Gasteiger partial charge on any atom is -0.495 e. The van der Waals surface area contributed by atoms with Crippen molar-refractivity contribution in [3.05, 3.63) is 112 Å². The molecule has 0 amide bonds. The fourth-order valence-corrected chi connectivity index (χ4v) is 4.58. The van der Waals surface area contributed by atoms with Crippen molar-refractivity contribution in [3.8, 4) is 17.0 Å². The van der Waals surface area contributed by atoms with E-state index in [1.54, 1.807) is 13.2 Å². The smallest absolute Gasteiger partial charge is 0.253 e. The number of H-pyrrole nitrogens is 1. The fraction of sp³-hybridized carbons (Fsp3) is 0.143. The van der Waals surface area contributed by atoms with Gasteiger partial charge in [-0.05, 0) is 42.8 Å². The predicted octanol–water partition coefficient (Wildman–Crippen LogP) is 6.28.